The Morgan fingerprint density at radius 2 is 1.54 bits per heavy atom. The Morgan fingerprint density at radius 1 is 0.929 bits per heavy atom. The molecule has 6 nitrogen and oxygen atoms in total. The number of guanidine groups is 1. The lowest BCUT2D eigenvalue weighted by molar-refractivity contribution is 0.288. The number of hydrogen-bond acceptors (Lipinski definition) is 4. The van der Waals surface area contributed by atoms with Crippen LogP contribution in [0.5, 0.6) is 17.2 Å². The predicted molar refractivity (Wildman–Crippen MR) is 114 cm³/mol. The molecule has 0 amide bonds. The van der Waals surface area contributed by atoms with Gasteiger partial charge in [-0.2, -0.15) is 0 Å². The van der Waals surface area contributed by atoms with Gasteiger partial charge in [0.1, 0.15) is 0 Å². The van der Waals surface area contributed by atoms with Crippen LogP contribution in [0.4, 0.5) is 0 Å². The molecular weight excluding hydrogens is 354 g/mol. The second-order valence-electron chi connectivity index (χ2n) is 6.16. The Hall–Kier alpha value is -2.89. The van der Waals surface area contributed by atoms with Gasteiger partial charge in [-0.05, 0) is 42.2 Å². The van der Waals surface area contributed by atoms with Crippen molar-refractivity contribution in [2.24, 2.45) is 4.99 Å². The first kappa shape index (κ1) is 21.4. The first-order valence-corrected chi connectivity index (χ1v) is 9.55. The summed E-state index contributed by atoms with van der Waals surface area (Å²) in [4.78, 5) is 4.31. The van der Waals surface area contributed by atoms with E-state index in [2.05, 4.69) is 46.8 Å². The van der Waals surface area contributed by atoms with Crippen LogP contribution in [0, 0.1) is 0 Å². The van der Waals surface area contributed by atoms with Gasteiger partial charge in [-0.1, -0.05) is 31.2 Å². The normalized spacial score (nSPS) is 11.1. The molecule has 28 heavy (non-hydrogen) atoms. The summed E-state index contributed by atoms with van der Waals surface area (Å²) >= 11 is 0. The molecule has 0 radical (unpaired) electrons. The lowest BCUT2D eigenvalue weighted by Gasteiger charge is -2.17. The van der Waals surface area contributed by atoms with E-state index in [1.807, 2.05) is 19.1 Å². The minimum absolute atomic E-state index is 0.542. The first-order valence-electron chi connectivity index (χ1n) is 9.55. The van der Waals surface area contributed by atoms with E-state index in [0.717, 1.165) is 24.5 Å². The number of nitrogens with zero attached hydrogens (tertiary/aromatic N) is 1. The zero-order valence-electron chi connectivity index (χ0n) is 17.5. The van der Waals surface area contributed by atoms with Crippen molar-refractivity contribution < 1.29 is 14.2 Å². The molecule has 0 aromatic heterocycles. The average molecular weight is 386 g/mol. The van der Waals surface area contributed by atoms with E-state index in [-0.39, 0.29) is 0 Å². The maximum absolute atomic E-state index is 5.65. The summed E-state index contributed by atoms with van der Waals surface area (Å²) in [6, 6.07) is 12.3. The van der Waals surface area contributed by atoms with Crippen molar-refractivity contribution in [3.05, 3.63) is 53.1 Å². The molecule has 0 atom stereocenters. The number of aryl methyl sites for hydroxylation is 1. The van der Waals surface area contributed by atoms with Gasteiger partial charge in [0.05, 0.1) is 20.8 Å². The van der Waals surface area contributed by atoms with Crippen molar-refractivity contribution in [3.8, 4) is 17.2 Å². The monoisotopic (exact) mass is 385 g/mol. The Bertz CT molecular complexity index is 765. The molecule has 0 fully saturated rings. The van der Waals surface area contributed by atoms with Crippen LogP contribution < -0.4 is 24.8 Å². The summed E-state index contributed by atoms with van der Waals surface area (Å²) in [5, 5.41) is 6.71. The molecule has 0 heterocycles. The van der Waals surface area contributed by atoms with Gasteiger partial charge in [0.2, 0.25) is 5.75 Å². The van der Waals surface area contributed by atoms with Crippen molar-refractivity contribution in [2.45, 2.75) is 33.4 Å². The van der Waals surface area contributed by atoms with E-state index < -0.39 is 0 Å². The minimum Gasteiger partial charge on any atom is -0.493 e. The number of ether oxygens (including phenoxy) is 3. The molecule has 152 valence electrons. The molecule has 0 unspecified atom stereocenters. The van der Waals surface area contributed by atoms with E-state index in [9.17, 15) is 0 Å². The summed E-state index contributed by atoms with van der Waals surface area (Å²) in [5.74, 6) is 2.66. The van der Waals surface area contributed by atoms with Gasteiger partial charge in [0.25, 0.3) is 0 Å². The largest absolute Gasteiger partial charge is 0.493 e. The smallest absolute Gasteiger partial charge is 0.203 e. The number of aliphatic imine (C=N–C) groups is 1. The standard InChI is InChI=1S/C22H31N3O3/c1-6-17-10-8-9-11-18(17)15-25-22(23-3)24-14-16-12-19(26-4)21(28-7-2)20(13-16)27-5/h8-13H,6-7,14-15H2,1-5H3,(H2,23,24,25). The van der Waals surface area contributed by atoms with Gasteiger partial charge in [0, 0.05) is 20.1 Å². The van der Waals surface area contributed by atoms with E-state index in [0.29, 0.717) is 30.4 Å². The average Bonchev–Trinajstić information content (AvgIpc) is 2.74. The van der Waals surface area contributed by atoms with Crippen molar-refractivity contribution >= 4 is 5.96 Å². The fourth-order valence-electron chi connectivity index (χ4n) is 2.98. The lowest BCUT2D eigenvalue weighted by Crippen LogP contribution is -2.36. The number of rotatable bonds is 9. The summed E-state index contributed by atoms with van der Waals surface area (Å²) in [5.41, 5.74) is 3.62. The molecule has 0 saturated carbocycles. The number of nitrogens with one attached hydrogen (secondary N) is 2. The van der Waals surface area contributed by atoms with Gasteiger partial charge in [-0.15, -0.1) is 0 Å². The van der Waals surface area contributed by atoms with E-state index in [4.69, 9.17) is 14.2 Å². The van der Waals surface area contributed by atoms with Crippen molar-refractivity contribution in [1.29, 1.82) is 0 Å². The molecule has 2 aromatic rings. The van der Waals surface area contributed by atoms with Crippen LogP contribution in [0.25, 0.3) is 0 Å². The Labute approximate surface area is 167 Å². The molecular formula is C22H31N3O3. The summed E-state index contributed by atoms with van der Waals surface area (Å²) in [6.07, 6.45) is 1.01. The third kappa shape index (κ3) is 5.55. The molecule has 0 aliphatic carbocycles. The Morgan fingerprint density at radius 3 is 2.07 bits per heavy atom. The van der Waals surface area contributed by atoms with Crippen molar-refractivity contribution in [2.75, 3.05) is 27.9 Å². The zero-order valence-corrected chi connectivity index (χ0v) is 17.5. The van der Waals surface area contributed by atoms with Crippen LogP contribution in [0.1, 0.15) is 30.5 Å². The quantitative estimate of drug-likeness (QED) is 0.511. The second-order valence-corrected chi connectivity index (χ2v) is 6.16. The summed E-state index contributed by atoms with van der Waals surface area (Å²) in [6.45, 7) is 5.94. The third-order valence-electron chi connectivity index (χ3n) is 4.44. The van der Waals surface area contributed by atoms with E-state index >= 15 is 0 Å². The fourth-order valence-corrected chi connectivity index (χ4v) is 2.98. The zero-order chi connectivity index (χ0) is 20.4. The summed E-state index contributed by atoms with van der Waals surface area (Å²) in [7, 11) is 5.01. The second kappa shape index (κ2) is 11.1. The third-order valence-corrected chi connectivity index (χ3v) is 4.44. The maximum Gasteiger partial charge on any atom is 0.203 e. The highest BCUT2D eigenvalue weighted by Gasteiger charge is 2.14. The van der Waals surface area contributed by atoms with Crippen LogP contribution in [-0.2, 0) is 19.5 Å². The van der Waals surface area contributed by atoms with Crippen LogP contribution >= 0.6 is 0 Å². The molecule has 2 aromatic carbocycles. The van der Waals surface area contributed by atoms with Gasteiger partial charge < -0.3 is 24.8 Å². The van der Waals surface area contributed by atoms with E-state index in [1.165, 1.54) is 11.1 Å². The number of hydrogen-bond donors (Lipinski definition) is 2. The lowest BCUT2D eigenvalue weighted by atomic mass is 10.1. The van der Waals surface area contributed by atoms with Crippen LogP contribution in [0.3, 0.4) is 0 Å². The molecule has 0 saturated heterocycles. The van der Waals surface area contributed by atoms with Gasteiger partial charge >= 0.3 is 0 Å². The van der Waals surface area contributed by atoms with Gasteiger partial charge in [-0.3, -0.25) is 4.99 Å². The highest BCUT2D eigenvalue weighted by atomic mass is 16.5. The molecule has 0 bridgehead atoms. The topological polar surface area (TPSA) is 64.1 Å². The molecule has 0 aliphatic heterocycles. The molecule has 0 aliphatic rings. The molecule has 0 spiro atoms. The van der Waals surface area contributed by atoms with Crippen molar-refractivity contribution in [1.82, 2.24) is 10.6 Å². The van der Waals surface area contributed by atoms with Crippen molar-refractivity contribution in [3.63, 3.8) is 0 Å². The van der Waals surface area contributed by atoms with E-state index in [1.54, 1.807) is 21.3 Å². The minimum atomic E-state index is 0.542. The molecule has 2 N–H and O–H groups in total. The van der Waals surface area contributed by atoms with Crippen LogP contribution in [0.2, 0.25) is 0 Å². The van der Waals surface area contributed by atoms with Gasteiger partial charge in [-0.25, -0.2) is 0 Å². The Kier molecular flexibility index (Phi) is 8.46. The van der Waals surface area contributed by atoms with Gasteiger partial charge in [0.15, 0.2) is 17.5 Å². The Balaban J connectivity index is 2.05. The fraction of sp³-hybridized carbons (Fsp3) is 0.409. The SMILES string of the molecule is CCOc1c(OC)cc(CNC(=NC)NCc2ccccc2CC)cc1OC. The predicted octanol–water partition coefficient (Wildman–Crippen LogP) is 3.53. The highest BCUT2D eigenvalue weighted by molar-refractivity contribution is 5.79. The number of methoxy groups -OCH3 is 2. The maximum atomic E-state index is 5.65. The number of benzene rings is 2. The van der Waals surface area contributed by atoms with Crippen LogP contribution in [-0.4, -0.2) is 33.8 Å². The summed E-state index contributed by atoms with van der Waals surface area (Å²) < 4.78 is 16.6. The molecule has 2 rings (SSSR count). The highest BCUT2D eigenvalue weighted by Crippen LogP contribution is 2.38. The molecule has 6 heteroatoms. The van der Waals surface area contributed by atoms with Crippen LogP contribution in [0.15, 0.2) is 41.4 Å². The first-order chi connectivity index (χ1) is 13.7.